The molecule has 1 fully saturated rings. The fourth-order valence-corrected chi connectivity index (χ4v) is 2.57. The van der Waals surface area contributed by atoms with Gasteiger partial charge in [0.1, 0.15) is 0 Å². The summed E-state index contributed by atoms with van der Waals surface area (Å²) in [5, 5.41) is 6.94. The Morgan fingerprint density at radius 2 is 2.41 bits per heavy atom. The zero-order valence-electron chi connectivity index (χ0n) is 9.91. The minimum atomic E-state index is -0.332. The molecule has 2 aliphatic rings. The smallest absolute Gasteiger partial charge is 0.359 e. The third-order valence-electron chi connectivity index (χ3n) is 3.71. The van der Waals surface area contributed by atoms with Crippen molar-refractivity contribution < 1.29 is 14.3 Å². The van der Waals surface area contributed by atoms with Crippen molar-refractivity contribution in [3.8, 4) is 0 Å². The number of H-pyrrole nitrogens is 1. The van der Waals surface area contributed by atoms with Gasteiger partial charge in [0.2, 0.25) is 0 Å². The average Bonchev–Trinajstić information content (AvgIpc) is 2.69. The molecule has 5 nitrogen and oxygen atoms in total. The van der Waals surface area contributed by atoms with Crippen LogP contribution in [0.2, 0.25) is 0 Å². The molecule has 1 aliphatic heterocycles. The summed E-state index contributed by atoms with van der Waals surface area (Å²) in [6.45, 7) is 2.71. The molecule has 5 heteroatoms. The molecule has 1 aliphatic carbocycles. The molecule has 17 heavy (non-hydrogen) atoms. The number of esters is 1. The van der Waals surface area contributed by atoms with E-state index in [4.69, 9.17) is 9.47 Å². The van der Waals surface area contributed by atoms with E-state index in [2.05, 4.69) is 10.2 Å². The van der Waals surface area contributed by atoms with Crippen LogP contribution >= 0.6 is 0 Å². The number of ether oxygens (including phenoxy) is 2. The summed E-state index contributed by atoms with van der Waals surface area (Å²) >= 11 is 0. The van der Waals surface area contributed by atoms with Gasteiger partial charge in [-0.3, -0.25) is 5.10 Å². The number of hydrogen-bond acceptors (Lipinski definition) is 4. The Balaban J connectivity index is 1.88. The first-order chi connectivity index (χ1) is 8.24. The lowest BCUT2D eigenvalue weighted by Crippen LogP contribution is -2.44. The van der Waals surface area contributed by atoms with Crippen molar-refractivity contribution in [1.29, 1.82) is 0 Å². The fourth-order valence-electron chi connectivity index (χ4n) is 2.57. The van der Waals surface area contributed by atoms with E-state index < -0.39 is 0 Å². The first-order valence-electron chi connectivity index (χ1n) is 6.11. The summed E-state index contributed by atoms with van der Waals surface area (Å²) in [6, 6.07) is 0. The topological polar surface area (TPSA) is 64.2 Å². The predicted octanol–water partition coefficient (Wildman–Crippen LogP) is 1.58. The van der Waals surface area contributed by atoms with E-state index in [-0.39, 0.29) is 11.6 Å². The molecule has 1 aromatic rings. The third kappa shape index (κ3) is 1.65. The second kappa shape index (κ2) is 3.84. The molecule has 92 valence electrons. The largest absolute Gasteiger partial charge is 0.461 e. The molecule has 1 spiro atoms. The van der Waals surface area contributed by atoms with Crippen molar-refractivity contribution in [2.45, 2.75) is 44.8 Å². The van der Waals surface area contributed by atoms with E-state index in [1.54, 1.807) is 6.92 Å². The van der Waals surface area contributed by atoms with Crippen molar-refractivity contribution in [3.63, 3.8) is 0 Å². The number of aromatic nitrogens is 2. The van der Waals surface area contributed by atoms with Gasteiger partial charge in [-0.25, -0.2) is 4.79 Å². The van der Waals surface area contributed by atoms with Gasteiger partial charge in [-0.15, -0.1) is 0 Å². The molecule has 0 atom stereocenters. The number of nitrogens with one attached hydrogen (secondary N) is 1. The minimum Gasteiger partial charge on any atom is -0.461 e. The van der Waals surface area contributed by atoms with E-state index in [1.165, 1.54) is 6.42 Å². The van der Waals surface area contributed by atoms with Crippen LogP contribution in [0.3, 0.4) is 0 Å². The van der Waals surface area contributed by atoms with Gasteiger partial charge in [0.15, 0.2) is 5.69 Å². The van der Waals surface area contributed by atoms with E-state index in [0.717, 1.165) is 30.5 Å². The molecule has 1 saturated carbocycles. The van der Waals surface area contributed by atoms with E-state index in [1.807, 2.05) is 0 Å². The van der Waals surface area contributed by atoms with Crippen LogP contribution < -0.4 is 0 Å². The zero-order chi connectivity index (χ0) is 11.9. The molecule has 0 aromatic carbocycles. The van der Waals surface area contributed by atoms with Crippen molar-refractivity contribution in [2.24, 2.45) is 0 Å². The van der Waals surface area contributed by atoms with E-state index in [9.17, 15) is 4.79 Å². The summed E-state index contributed by atoms with van der Waals surface area (Å²) in [7, 11) is 0. The van der Waals surface area contributed by atoms with Gasteiger partial charge in [-0.2, -0.15) is 5.10 Å². The lowest BCUT2D eigenvalue weighted by molar-refractivity contribution is -0.119. The van der Waals surface area contributed by atoms with Gasteiger partial charge >= 0.3 is 5.97 Å². The van der Waals surface area contributed by atoms with Crippen LogP contribution in [0.1, 0.15) is 47.9 Å². The molecule has 3 rings (SSSR count). The number of carbonyl (C=O) groups excluding carboxylic acids is 1. The monoisotopic (exact) mass is 236 g/mol. The molecule has 0 amide bonds. The number of nitrogens with zero attached hydrogens (tertiary/aromatic N) is 1. The predicted molar refractivity (Wildman–Crippen MR) is 59.6 cm³/mol. The first-order valence-corrected chi connectivity index (χ1v) is 6.11. The van der Waals surface area contributed by atoms with Crippen LogP contribution in [0.5, 0.6) is 0 Å². The van der Waals surface area contributed by atoms with Crippen LogP contribution in [-0.2, 0) is 22.5 Å². The SMILES string of the molecule is CCOC(=O)c1n[nH]c2c1CC1(CCC1)OC2. The van der Waals surface area contributed by atoms with E-state index in [0.29, 0.717) is 18.9 Å². The highest BCUT2D eigenvalue weighted by atomic mass is 16.5. The summed E-state index contributed by atoms with van der Waals surface area (Å²) in [5.74, 6) is -0.332. The van der Waals surface area contributed by atoms with Gasteiger partial charge in [-0.1, -0.05) is 0 Å². The van der Waals surface area contributed by atoms with Crippen LogP contribution in [0, 0.1) is 0 Å². The Labute approximate surface area is 99.5 Å². The Morgan fingerprint density at radius 1 is 1.59 bits per heavy atom. The molecular weight excluding hydrogens is 220 g/mol. The maximum Gasteiger partial charge on any atom is 0.359 e. The van der Waals surface area contributed by atoms with Gasteiger partial charge in [0.25, 0.3) is 0 Å². The maximum atomic E-state index is 11.7. The van der Waals surface area contributed by atoms with Crippen LogP contribution in [-0.4, -0.2) is 28.4 Å². The van der Waals surface area contributed by atoms with Crippen molar-refractivity contribution in [2.75, 3.05) is 6.61 Å². The average molecular weight is 236 g/mol. The molecule has 1 N–H and O–H groups in total. The highest BCUT2D eigenvalue weighted by Crippen LogP contribution is 2.43. The van der Waals surface area contributed by atoms with Crippen molar-refractivity contribution >= 4 is 5.97 Å². The van der Waals surface area contributed by atoms with Crippen LogP contribution in [0.15, 0.2) is 0 Å². The van der Waals surface area contributed by atoms with Crippen LogP contribution in [0.25, 0.3) is 0 Å². The van der Waals surface area contributed by atoms with Crippen molar-refractivity contribution in [1.82, 2.24) is 10.2 Å². The molecule has 0 bridgehead atoms. The highest BCUT2D eigenvalue weighted by molar-refractivity contribution is 5.89. The number of rotatable bonds is 2. The second-order valence-electron chi connectivity index (χ2n) is 4.75. The van der Waals surface area contributed by atoms with Crippen LogP contribution in [0.4, 0.5) is 0 Å². The molecule has 0 unspecified atom stereocenters. The Hall–Kier alpha value is -1.36. The molecular formula is C12H16N2O3. The third-order valence-corrected chi connectivity index (χ3v) is 3.71. The molecule has 0 radical (unpaired) electrons. The summed E-state index contributed by atoms with van der Waals surface area (Å²) < 4.78 is 10.9. The Kier molecular flexibility index (Phi) is 2.43. The Morgan fingerprint density at radius 3 is 3.06 bits per heavy atom. The summed E-state index contributed by atoms with van der Waals surface area (Å²) in [5.41, 5.74) is 2.33. The molecule has 1 aromatic heterocycles. The first kappa shape index (κ1) is 10.8. The lowest BCUT2D eigenvalue weighted by Gasteiger charge is -2.44. The number of fused-ring (bicyclic) bond motifs is 1. The summed E-state index contributed by atoms with van der Waals surface area (Å²) in [6.07, 6.45) is 4.16. The van der Waals surface area contributed by atoms with Gasteiger partial charge in [0, 0.05) is 12.0 Å². The van der Waals surface area contributed by atoms with Gasteiger partial charge in [0.05, 0.1) is 24.5 Å². The number of carbonyl (C=O) groups is 1. The standard InChI is InChI=1S/C12H16N2O3/c1-2-16-11(15)10-8-6-12(4-3-5-12)17-7-9(8)13-14-10/h2-7H2,1H3,(H,13,14). The molecule has 2 heterocycles. The quantitative estimate of drug-likeness (QED) is 0.792. The van der Waals surface area contributed by atoms with Gasteiger partial charge < -0.3 is 9.47 Å². The lowest BCUT2D eigenvalue weighted by atomic mass is 9.74. The highest BCUT2D eigenvalue weighted by Gasteiger charge is 2.43. The normalized spacial score (nSPS) is 20.8. The second-order valence-corrected chi connectivity index (χ2v) is 4.75. The number of hydrogen-bond donors (Lipinski definition) is 1. The maximum absolute atomic E-state index is 11.7. The Bertz CT molecular complexity index is 449. The van der Waals surface area contributed by atoms with Crippen molar-refractivity contribution in [3.05, 3.63) is 17.0 Å². The fraction of sp³-hybridized carbons (Fsp3) is 0.667. The summed E-state index contributed by atoms with van der Waals surface area (Å²) in [4.78, 5) is 11.7. The van der Waals surface area contributed by atoms with Gasteiger partial charge in [-0.05, 0) is 26.2 Å². The zero-order valence-corrected chi connectivity index (χ0v) is 9.91. The molecule has 0 saturated heterocycles. The minimum absolute atomic E-state index is 0.0296. The number of aromatic amines is 1. The van der Waals surface area contributed by atoms with E-state index >= 15 is 0 Å².